The highest BCUT2D eigenvalue weighted by Gasteiger charge is 2.20. The molecule has 0 fully saturated rings. The normalized spacial score (nSPS) is 11.4. The Labute approximate surface area is 127 Å². The van der Waals surface area contributed by atoms with Crippen molar-refractivity contribution in [1.29, 1.82) is 0 Å². The monoisotopic (exact) mass is 307 g/mol. The van der Waals surface area contributed by atoms with Gasteiger partial charge in [-0.2, -0.15) is 0 Å². The van der Waals surface area contributed by atoms with E-state index in [1.165, 1.54) is 37.5 Å². The van der Waals surface area contributed by atoms with E-state index in [4.69, 9.17) is 9.47 Å². The van der Waals surface area contributed by atoms with Crippen LogP contribution in [0.3, 0.4) is 0 Å². The van der Waals surface area contributed by atoms with Gasteiger partial charge in [0.1, 0.15) is 12.2 Å². The summed E-state index contributed by atoms with van der Waals surface area (Å²) in [4.78, 5) is 34.0. The van der Waals surface area contributed by atoms with Crippen LogP contribution in [0.5, 0.6) is 0 Å². The van der Waals surface area contributed by atoms with Gasteiger partial charge in [-0.15, -0.1) is 0 Å². The second-order valence-corrected chi connectivity index (χ2v) is 4.72. The van der Waals surface area contributed by atoms with E-state index >= 15 is 0 Å². The lowest BCUT2D eigenvalue weighted by Gasteiger charge is -2.10. The molecule has 0 aromatic heterocycles. The number of ether oxygens (including phenoxy) is 2. The number of hydrogen-bond donors (Lipinski definition) is 0. The lowest BCUT2D eigenvalue weighted by molar-refractivity contribution is -0.384. The van der Waals surface area contributed by atoms with E-state index < -0.39 is 16.7 Å². The number of nitro benzene ring substituents is 1. The zero-order valence-corrected chi connectivity index (χ0v) is 12.6. The Morgan fingerprint density at radius 1 is 1.27 bits per heavy atom. The molecule has 7 nitrogen and oxygen atoms in total. The Morgan fingerprint density at radius 2 is 1.86 bits per heavy atom. The first-order valence-corrected chi connectivity index (χ1v) is 6.54. The van der Waals surface area contributed by atoms with Gasteiger partial charge in [0.2, 0.25) is 0 Å². The van der Waals surface area contributed by atoms with Crippen LogP contribution in [0.25, 0.3) is 6.08 Å². The molecule has 22 heavy (non-hydrogen) atoms. The molecule has 1 rings (SSSR count). The first kappa shape index (κ1) is 17.5. The molecule has 0 aliphatic rings. The van der Waals surface area contributed by atoms with Crippen LogP contribution in [0.1, 0.15) is 19.4 Å². The molecule has 118 valence electrons. The summed E-state index contributed by atoms with van der Waals surface area (Å²) in [6, 6.07) is 5.47. The fourth-order valence-corrected chi connectivity index (χ4v) is 1.60. The summed E-state index contributed by atoms with van der Waals surface area (Å²) in [6.07, 6.45) is 0.957. The third kappa shape index (κ3) is 5.10. The van der Waals surface area contributed by atoms with Crippen molar-refractivity contribution >= 4 is 23.5 Å². The smallest absolute Gasteiger partial charge is 0.342 e. The molecule has 0 spiro atoms. The van der Waals surface area contributed by atoms with Crippen LogP contribution < -0.4 is 0 Å². The summed E-state index contributed by atoms with van der Waals surface area (Å²) in [5.74, 6) is -1.28. The summed E-state index contributed by atoms with van der Waals surface area (Å²) in [5, 5.41) is 10.6. The van der Waals surface area contributed by atoms with Crippen molar-refractivity contribution in [2.24, 2.45) is 0 Å². The van der Waals surface area contributed by atoms with Crippen molar-refractivity contribution in [3.8, 4) is 0 Å². The Kier molecular flexibility index (Phi) is 6.40. The standard InChI is InChI=1S/C15H17NO6/c1-10(2)22-15(18)13(14(17)9-21-3)8-11-4-6-12(7-5-11)16(19)20/h4-8,10H,9H2,1-3H3. The second kappa shape index (κ2) is 8.04. The number of nitrogens with zero attached hydrogens (tertiary/aromatic N) is 1. The van der Waals surface area contributed by atoms with E-state index in [9.17, 15) is 19.7 Å². The minimum absolute atomic E-state index is 0.0772. The molecule has 0 atom stereocenters. The van der Waals surface area contributed by atoms with Gasteiger partial charge >= 0.3 is 5.97 Å². The Balaban J connectivity index is 3.10. The number of benzene rings is 1. The lowest BCUT2D eigenvalue weighted by Crippen LogP contribution is -2.21. The zero-order chi connectivity index (χ0) is 16.7. The first-order chi connectivity index (χ1) is 10.3. The lowest BCUT2D eigenvalue weighted by atomic mass is 10.1. The van der Waals surface area contributed by atoms with Gasteiger partial charge in [0.25, 0.3) is 5.69 Å². The molecule has 1 aromatic rings. The summed E-state index contributed by atoms with van der Waals surface area (Å²) in [7, 11) is 1.34. The summed E-state index contributed by atoms with van der Waals surface area (Å²) in [5.41, 5.74) is 0.238. The highest BCUT2D eigenvalue weighted by atomic mass is 16.6. The van der Waals surface area contributed by atoms with Crippen molar-refractivity contribution in [2.45, 2.75) is 20.0 Å². The number of hydrogen-bond acceptors (Lipinski definition) is 6. The minimum Gasteiger partial charge on any atom is -0.459 e. The number of Topliss-reactive ketones (excluding diaryl/α,β-unsaturated/α-hetero) is 1. The van der Waals surface area contributed by atoms with E-state index in [0.29, 0.717) is 5.56 Å². The SMILES string of the molecule is COCC(=O)C(=Cc1ccc([N+](=O)[O-])cc1)C(=O)OC(C)C. The van der Waals surface area contributed by atoms with Crippen LogP contribution >= 0.6 is 0 Å². The van der Waals surface area contributed by atoms with Gasteiger partial charge < -0.3 is 9.47 Å². The predicted octanol–water partition coefficient (Wildman–Crippen LogP) is 2.15. The number of ketones is 1. The number of carbonyl (C=O) groups excluding carboxylic acids is 2. The summed E-state index contributed by atoms with van der Waals surface area (Å²) >= 11 is 0. The van der Waals surface area contributed by atoms with Crippen LogP contribution in [0.15, 0.2) is 29.8 Å². The van der Waals surface area contributed by atoms with E-state index in [0.717, 1.165) is 0 Å². The molecule has 0 aliphatic heterocycles. The summed E-state index contributed by atoms with van der Waals surface area (Å²) < 4.78 is 9.76. The maximum Gasteiger partial charge on any atom is 0.342 e. The van der Waals surface area contributed by atoms with Crippen molar-refractivity contribution in [3.63, 3.8) is 0 Å². The molecule has 1 aromatic carbocycles. The van der Waals surface area contributed by atoms with Gasteiger partial charge in [-0.3, -0.25) is 14.9 Å². The Morgan fingerprint density at radius 3 is 2.32 bits per heavy atom. The molecule has 0 aliphatic carbocycles. The zero-order valence-electron chi connectivity index (χ0n) is 12.6. The first-order valence-electron chi connectivity index (χ1n) is 6.54. The largest absolute Gasteiger partial charge is 0.459 e. The van der Waals surface area contributed by atoms with E-state index in [1.54, 1.807) is 13.8 Å². The van der Waals surface area contributed by atoms with Crippen LogP contribution in [-0.2, 0) is 19.1 Å². The molecule has 7 heteroatoms. The van der Waals surface area contributed by atoms with Crippen molar-refractivity contribution in [2.75, 3.05) is 13.7 Å². The van der Waals surface area contributed by atoms with Crippen molar-refractivity contribution in [1.82, 2.24) is 0 Å². The molecule has 0 N–H and O–H groups in total. The highest BCUT2D eigenvalue weighted by molar-refractivity contribution is 6.21. The molecular formula is C15H17NO6. The van der Waals surface area contributed by atoms with Gasteiger partial charge in [0.15, 0.2) is 5.78 Å². The van der Waals surface area contributed by atoms with Crippen molar-refractivity contribution in [3.05, 3.63) is 45.5 Å². The molecule has 0 bridgehead atoms. The van der Waals surface area contributed by atoms with Crippen LogP contribution in [0, 0.1) is 10.1 Å². The van der Waals surface area contributed by atoms with Gasteiger partial charge in [-0.25, -0.2) is 4.79 Å². The van der Waals surface area contributed by atoms with Gasteiger partial charge in [0.05, 0.1) is 11.0 Å². The van der Waals surface area contributed by atoms with E-state index in [1.807, 2.05) is 0 Å². The third-order valence-electron chi connectivity index (χ3n) is 2.55. The predicted molar refractivity (Wildman–Crippen MR) is 79.2 cm³/mol. The average Bonchev–Trinajstić information content (AvgIpc) is 2.44. The average molecular weight is 307 g/mol. The maximum atomic E-state index is 12.0. The van der Waals surface area contributed by atoms with E-state index in [2.05, 4.69) is 0 Å². The Bertz CT molecular complexity index is 589. The van der Waals surface area contributed by atoms with Crippen LogP contribution in [0.2, 0.25) is 0 Å². The number of non-ortho nitro benzene ring substituents is 1. The Hall–Kier alpha value is -2.54. The fraction of sp³-hybridized carbons (Fsp3) is 0.333. The molecule has 0 amide bonds. The van der Waals surface area contributed by atoms with Gasteiger partial charge in [0, 0.05) is 19.2 Å². The number of carbonyl (C=O) groups is 2. The molecule has 0 saturated heterocycles. The maximum absolute atomic E-state index is 12.0. The third-order valence-corrected chi connectivity index (χ3v) is 2.55. The quantitative estimate of drug-likeness (QED) is 0.191. The number of nitro groups is 1. The number of methoxy groups -OCH3 is 1. The highest BCUT2D eigenvalue weighted by Crippen LogP contribution is 2.16. The van der Waals surface area contributed by atoms with Gasteiger partial charge in [-0.05, 0) is 37.6 Å². The summed E-state index contributed by atoms with van der Waals surface area (Å²) in [6.45, 7) is 3.08. The molecule has 0 heterocycles. The second-order valence-electron chi connectivity index (χ2n) is 4.72. The van der Waals surface area contributed by atoms with Crippen molar-refractivity contribution < 1.29 is 24.0 Å². The number of esters is 1. The minimum atomic E-state index is -0.754. The molecular weight excluding hydrogens is 290 g/mol. The number of rotatable bonds is 7. The molecule has 0 radical (unpaired) electrons. The van der Waals surface area contributed by atoms with Crippen LogP contribution in [0.4, 0.5) is 5.69 Å². The van der Waals surface area contributed by atoms with Gasteiger partial charge in [-0.1, -0.05) is 0 Å². The molecule has 0 saturated carbocycles. The fourth-order valence-electron chi connectivity index (χ4n) is 1.60. The van der Waals surface area contributed by atoms with Crippen LogP contribution in [-0.4, -0.2) is 36.5 Å². The van der Waals surface area contributed by atoms with E-state index in [-0.39, 0.29) is 24.0 Å². The topological polar surface area (TPSA) is 95.7 Å². The molecule has 0 unspecified atom stereocenters.